The van der Waals surface area contributed by atoms with E-state index in [2.05, 4.69) is 64.0 Å². The quantitative estimate of drug-likeness (QED) is 0.391. The highest BCUT2D eigenvalue weighted by Crippen LogP contribution is 2.30. The lowest BCUT2D eigenvalue weighted by atomic mass is 9.86. The van der Waals surface area contributed by atoms with Crippen LogP contribution in [0.2, 0.25) is 0 Å². The molecule has 3 aromatic carbocycles. The van der Waals surface area contributed by atoms with Crippen LogP contribution in [0.5, 0.6) is 0 Å². The van der Waals surface area contributed by atoms with Gasteiger partial charge in [-0.15, -0.1) is 0 Å². The molecule has 168 valence electrons. The third-order valence-electron chi connectivity index (χ3n) is 6.62. The van der Waals surface area contributed by atoms with E-state index in [4.69, 9.17) is 4.52 Å². The van der Waals surface area contributed by atoms with E-state index < -0.39 is 5.97 Å². The van der Waals surface area contributed by atoms with Crippen LogP contribution in [0.4, 0.5) is 5.69 Å². The van der Waals surface area contributed by atoms with Gasteiger partial charge >= 0.3 is 5.97 Å². The number of benzene rings is 3. The number of carboxylic acids is 1. The zero-order chi connectivity index (χ0) is 22.8. The molecule has 1 saturated carbocycles. The highest BCUT2D eigenvalue weighted by molar-refractivity contribution is 5.85. The fraction of sp³-hybridized carbons (Fsp3) is 0.296. The Balaban J connectivity index is 1.32. The van der Waals surface area contributed by atoms with Crippen LogP contribution in [-0.4, -0.2) is 27.3 Å². The van der Waals surface area contributed by atoms with Gasteiger partial charge in [0.15, 0.2) is 0 Å². The summed E-state index contributed by atoms with van der Waals surface area (Å²) < 4.78 is 5.61. The number of fused-ring (bicyclic) bond motifs is 1. The number of aromatic nitrogens is 2. The molecule has 0 aliphatic heterocycles. The van der Waals surface area contributed by atoms with Crippen molar-refractivity contribution in [2.24, 2.45) is 5.92 Å². The topological polar surface area (TPSA) is 88.2 Å². The Kier molecular flexibility index (Phi) is 5.82. The van der Waals surface area contributed by atoms with Gasteiger partial charge in [0.25, 0.3) is 0 Å². The zero-order valence-corrected chi connectivity index (χ0v) is 18.6. The van der Waals surface area contributed by atoms with Gasteiger partial charge < -0.3 is 14.9 Å². The van der Waals surface area contributed by atoms with Crippen molar-refractivity contribution in [2.75, 3.05) is 5.32 Å². The molecule has 0 bridgehead atoms. The molecule has 1 fully saturated rings. The van der Waals surface area contributed by atoms with Crippen molar-refractivity contribution >= 4 is 22.4 Å². The van der Waals surface area contributed by atoms with Crippen LogP contribution in [0.15, 0.2) is 65.2 Å². The monoisotopic (exact) mass is 441 g/mol. The van der Waals surface area contributed by atoms with Gasteiger partial charge in [-0.2, -0.15) is 4.98 Å². The summed E-state index contributed by atoms with van der Waals surface area (Å²) in [7, 11) is 0. The highest BCUT2D eigenvalue weighted by Gasteiger charge is 2.26. The van der Waals surface area contributed by atoms with E-state index >= 15 is 0 Å². The van der Waals surface area contributed by atoms with Crippen LogP contribution in [0, 0.1) is 12.8 Å². The van der Waals surface area contributed by atoms with E-state index in [1.165, 1.54) is 10.8 Å². The summed E-state index contributed by atoms with van der Waals surface area (Å²) in [5.41, 5.74) is 4.17. The Bertz CT molecular complexity index is 1280. The second-order valence-electron chi connectivity index (χ2n) is 8.89. The average molecular weight is 442 g/mol. The lowest BCUT2D eigenvalue weighted by Crippen LogP contribution is -2.29. The van der Waals surface area contributed by atoms with Crippen molar-refractivity contribution in [3.05, 3.63) is 77.7 Å². The van der Waals surface area contributed by atoms with Gasteiger partial charge in [0, 0.05) is 17.3 Å². The molecule has 1 aliphatic carbocycles. The van der Waals surface area contributed by atoms with E-state index in [-0.39, 0.29) is 12.0 Å². The second-order valence-corrected chi connectivity index (χ2v) is 8.89. The molecular formula is C27H27N3O3. The number of nitrogens with one attached hydrogen (secondary N) is 1. The van der Waals surface area contributed by atoms with Crippen molar-refractivity contribution in [2.45, 2.75) is 45.1 Å². The molecule has 0 saturated heterocycles. The maximum atomic E-state index is 11.2. The summed E-state index contributed by atoms with van der Waals surface area (Å²) in [6.45, 7) is 2.04. The average Bonchev–Trinajstić information content (AvgIpc) is 3.29. The largest absolute Gasteiger partial charge is 0.481 e. The lowest BCUT2D eigenvalue weighted by molar-refractivity contribution is -0.142. The zero-order valence-electron chi connectivity index (χ0n) is 18.6. The second kappa shape index (κ2) is 9.06. The first-order valence-corrected chi connectivity index (χ1v) is 11.5. The Hall–Kier alpha value is -3.67. The fourth-order valence-corrected chi connectivity index (χ4v) is 4.72. The molecule has 1 aliphatic rings. The summed E-state index contributed by atoms with van der Waals surface area (Å²) >= 11 is 0. The first kappa shape index (κ1) is 21.2. The van der Waals surface area contributed by atoms with Gasteiger partial charge in [-0.1, -0.05) is 53.7 Å². The summed E-state index contributed by atoms with van der Waals surface area (Å²) in [5.74, 6) is 0.283. The van der Waals surface area contributed by atoms with E-state index in [1.807, 2.05) is 19.1 Å². The smallest absolute Gasteiger partial charge is 0.306 e. The molecule has 0 atom stereocenters. The molecule has 33 heavy (non-hydrogen) atoms. The molecule has 1 heterocycles. The molecule has 4 aromatic rings. The maximum absolute atomic E-state index is 11.2. The standard InChI is InChI=1S/C27H27N3O3/c1-17-9-12-22(28-21-13-10-19(11-14-21)27(31)32)16-24(17)26-29-25(33-30-26)15-20-7-4-6-18-5-2-3-8-23(18)20/h2-9,12,16,19,21,28H,10-11,13-15H2,1H3,(H,31,32). The molecule has 0 amide bonds. The molecule has 5 rings (SSSR count). The number of anilines is 1. The van der Waals surface area contributed by atoms with Crippen molar-refractivity contribution in [1.29, 1.82) is 0 Å². The summed E-state index contributed by atoms with van der Waals surface area (Å²) in [4.78, 5) is 15.9. The Morgan fingerprint density at radius 1 is 1.06 bits per heavy atom. The molecule has 6 heteroatoms. The first-order chi connectivity index (χ1) is 16.1. The predicted molar refractivity (Wildman–Crippen MR) is 128 cm³/mol. The minimum Gasteiger partial charge on any atom is -0.481 e. The fourth-order valence-electron chi connectivity index (χ4n) is 4.72. The SMILES string of the molecule is Cc1ccc(NC2CCC(C(=O)O)CC2)cc1-c1noc(Cc2cccc3ccccc23)n1. The van der Waals surface area contributed by atoms with Crippen LogP contribution in [0.1, 0.15) is 42.7 Å². The summed E-state index contributed by atoms with van der Waals surface area (Å²) in [5, 5.41) is 19.4. The minimum absolute atomic E-state index is 0.212. The van der Waals surface area contributed by atoms with Crippen LogP contribution >= 0.6 is 0 Å². The van der Waals surface area contributed by atoms with Crippen molar-refractivity contribution in [1.82, 2.24) is 10.1 Å². The van der Waals surface area contributed by atoms with Crippen LogP contribution in [0.25, 0.3) is 22.2 Å². The van der Waals surface area contributed by atoms with Gasteiger partial charge in [-0.25, -0.2) is 0 Å². The van der Waals surface area contributed by atoms with Gasteiger partial charge in [0.2, 0.25) is 11.7 Å². The Morgan fingerprint density at radius 3 is 2.67 bits per heavy atom. The van der Waals surface area contributed by atoms with Crippen LogP contribution in [0.3, 0.4) is 0 Å². The number of carboxylic acid groups (broad SMARTS) is 1. The van der Waals surface area contributed by atoms with Crippen molar-refractivity contribution < 1.29 is 14.4 Å². The molecule has 0 radical (unpaired) electrons. The molecule has 0 spiro atoms. The number of hydrogen-bond donors (Lipinski definition) is 2. The summed E-state index contributed by atoms with van der Waals surface area (Å²) in [6.07, 6.45) is 3.73. The number of hydrogen-bond acceptors (Lipinski definition) is 5. The third-order valence-corrected chi connectivity index (χ3v) is 6.62. The van der Waals surface area contributed by atoms with Gasteiger partial charge in [0.1, 0.15) is 0 Å². The van der Waals surface area contributed by atoms with E-state index in [1.54, 1.807) is 0 Å². The molecular weight excluding hydrogens is 414 g/mol. The number of aryl methyl sites for hydroxylation is 1. The molecule has 2 N–H and O–H groups in total. The number of aliphatic carboxylic acids is 1. The number of rotatable bonds is 6. The minimum atomic E-state index is -0.678. The third kappa shape index (κ3) is 4.60. The van der Waals surface area contributed by atoms with Gasteiger partial charge in [0.05, 0.1) is 12.3 Å². The number of nitrogens with zero attached hydrogens (tertiary/aromatic N) is 2. The van der Waals surface area contributed by atoms with Crippen LogP contribution in [-0.2, 0) is 11.2 Å². The lowest BCUT2D eigenvalue weighted by Gasteiger charge is -2.27. The van der Waals surface area contributed by atoms with Crippen LogP contribution < -0.4 is 5.32 Å². The normalized spacial score (nSPS) is 18.3. The summed E-state index contributed by atoms with van der Waals surface area (Å²) in [6, 6.07) is 21.0. The van der Waals surface area contributed by atoms with E-state index in [9.17, 15) is 9.90 Å². The highest BCUT2D eigenvalue weighted by atomic mass is 16.5. The van der Waals surface area contributed by atoms with E-state index in [0.29, 0.717) is 31.0 Å². The van der Waals surface area contributed by atoms with Crippen molar-refractivity contribution in [3.63, 3.8) is 0 Å². The Morgan fingerprint density at radius 2 is 1.85 bits per heavy atom. The maximum Gasteiger partial charge on any atom is 0.306 e. The van der Waals surface area contributed by atoms with Gasteiger partial charge in [-0.05, 0) is 66.6 Å². The van der Waals surface area contributed by atoms with Gasteiger partial charge in [-0.3, -0.25) is 4.79 Å². The Labute approximate surface area is 192 Å². The molecule has 6 nitrogen and oxygen atoms in total. The molecule has 0 unspecified atom stereocenters. The molecule has 1 aromatic heterocycles. The number of carbonyl (C=O) groups is 1. The first-order valence-electron chi connectivity index (χ1n) is 11.5. The van der Waals surface area contributed by atoms with Crippen molar-refractivity contribution in [3.8, 4) is 11.4 Å². The predicted octanol–water partition coefficient (Wildman–Crippen LogP) is 5.84. The van der Waals surface area contributed by atoms with E-state index in [0.717, 1.165) is 35.2 Å².